The van der Waals surface area contributed by atoms with Gasteiger partial charge in [0.1, 0.15) is 6.04 Å². The molecule has 1 amide bonds. The van der Waals surface area contributed by atoms with E-state index in [2.05, 4.69) is 20.4 Å². The van der Waals surface area contributed by atoms with Crippen LogP contribution in [0.4, 0.5) is 0 Å². The van der Waals surface area contributed by atoms with Gasteiger partial charge in [0, 0.05) is 30.1 Å². The lowest BCUT2D eigenvalue weighted by atomic mass is 10.0. The zero-order chi connectivity index (χ0) is 18.5. The topological polar surface area (TPSA) is 107 Å². The van der Waals surface area contributed by atoms with Gasteiger partial charge in [-0.05, 0) is 35.7 Å². The van der Waals surface area contributed by atoms with Gasteiger partial charge in [0.2, 0.25) is 11.7 Å². The molecule has 2 heterocycles. The Bertz CT molecular complexity index is 859. The lowest BCUT2D eigenvalue weighted by Crippen LogP contribution is -2.32. The Morgan fingerprint density at radius 2 is 2.00 bits per heavy atom. The summed E-state index contributed by atoms with van der Waals surface area (Å²) in [5.41, 5.74) is 7.88. The normalized spacial score (nSPS) is 12.2. The van der Waals surface area contributed by atoms with Crippen LogP contribution in [0.1, 0.15) is 41.7 Å². The van der Waals surface area contributed by atoms with Crippen LogP contribution in [0.3, 0.4) is 0 Å². The fourth-order valence-corrected chi connectivity index (χ4v) is 2.50. The van der Waals surface area contributed by atoms with E-state index in [0.717, 1.165) is 11.1 Å². The van der Waals surface area contributed by atoms with Crippen molar-refractivity contribution >= 4 is 5.91 Å². The van der Waals surface area contributed by atoms with E-state index in [0.29, 0.717) is 23.8 Å². The zero-order valence-electron chi connectivity index (χ0n) is 14.7. The molecule has 7 heteroatoms. The van der Waals surface area contributed by atoms with E-state index in [1.165, 1.54) is 0 Å². The fraction of sp³-hybridized carbons (Fsp3) is 0.263. The maximum Gasteiger partial charge on any atom is 0.251 e. The van der Waals surface area contributed by atoms with E-state index in [9.17, 15) is 4.79 Å². The molecule has 1 unspecified atom stereocenters. The first-order chi connectivity index (χ1) is 12.6. The zero-order valence-corrected chi connectivity index (χ0v) is 14.7. The molecule has 0 aliphatic rings. The molecule has 0 aliphatic heterocycles. The van der Waals surface area contributed by atoms with Crippen molar-refractivity contribution in [2.45, 2.75) is 26.4 Å². The highest BCUT2D eigenvalue weighted by Gasteiger charge is 2.25. The number of carbonyl (C=O) groups is 1. The molecule has 7 nitrogen and oxygen atoms in total. The van der Waals surface area contributed by atoms with E-state index in [-0.39, 0.29) is 11.8 Å². The van der Waals surface area contributed by atoms with Crippen LogP contribution in [-0.2, 0) is 6.54 Å². The van der Waals surface area contributed by atoms with E-state index in [1.807, 2.05) is 32.0 Å². The Labute approximate surface area is 151 Å². The standard InChI is InChI=1S/C19H21N5O2/c1-12(2)16(22-18(25)14-7-5-13(10-20)6-8-14)19-23-17(24-26-19)15-4-3-9-21-11-15/h3-9,11-12,16H,10,20H2,1-2H3,(H,22,25). The SMILES string of the molecule is CC(C)C(NC(=O)c1ccc(CN)cc1)c1nc(-c2cccnc2)no1. The van der Waals surface area contributed by atoms with Gasteiger partial charge in [-0.2, -0.15) is 4.98 Å². The number of rotatable bonds is 6. The third kappa shape index (κ3) is 3.94. The minimum atomic E-state index is -0.394. The van der Waals surface area contributed by atoms with Crippen molar-refractivity contribution in [2.75, 3.05) is 0 Å². The number of pyridine rings is 1. The molecule has 0 bridgehead atoms. The van der Waals surface area contributed by atoms with Gasteiger partial charge < -0.3 is 15.6 Å². The summed E-state index contributed by atoms with van der Waals surface area (Å²) in [5.74, 6) is 0.684. The summed E-state index contributed by atoms with van der Waals surface area (Å²) in [4.78, 5) is 21.0. The van der Waals surface area contributed by atoms with Crippen molar-refractivity contribution < 1.29 is 9.32 Å². The number of aromatic nitrogens is 3. The average molecular weight is 351 g/mol. The molecule has 0 spiro atoms. The minimum Gasteiger partial charge on any atom is -0.340 e. The summed E-state index contributed by atoms with van der Waals surface area (Å²) in [6.07, 6.45) is 3.34. The fourth-order valence-electron chi connectivity index (χ4n) is 2.50. The molecule has 3 aromatic rings. The highest BCUT2D eigenvalue weighted by atomic mass is 16.5. The Morgan fingerprint density at radius 3 is 2.62 bits per heavy atom. The third-order valence-electron chi connectivity index (χ3n) is 4.03. The van der Waals surface area contributed by atoms with Gasteiger partial charge in [0.15, 0.2) is 0 Å². The first-order valence-electron chi connectivity index (χ1n) is 8.42. The molecule has 0 fully saturated rings. The number of amides is 1. The molecule has 1 aromatic carbocycles. The van der Waals surface area contributed by atoms with E-state index < -0.39 is 6.04 Å². The number of nitrogens with one attached hydrogen (secondary N) is 1. The first-order valence-corrected chi connectivity index (χ1v) is 8.42. The van der Waals surface area contributed by atoms with Gasteiger partial charge in [-0.3, -0.25) is 9.78 Å². The van der Waals surface area contributed by atoms with Gasteiger partial charge in [-0.1, -0.05) is 31.1 Å². The quantitative estimate of drug-likeness (QED) is 0.707. The van der Waals surface area contributed by atoms with Crippen LogP contribution in [0.2, 0.25) is 0 Å². The summed E-state index contributed by atoms with van der Waals surface area (Å²) in [5, 5.41) is 6.97. The van der Waals surface area contributed by atoms with E-state index >= 15 is 0 Å². The molecule has 1 atom stereocenters. The van der Waals surface area contributed by atoms with Crippen molar-refractivity contribution in [2.24, 2.45) is 11.7 Å². The molecule has 3 N–H and O–H groups in total. The number of nitrogens with zero attached hydrogens (tertiary/aromatic N) is 3. The molecular formula is C19H21N5O2. The van der Waals surface area contributed by atoms with Crippen molar-refractivity contribution in [1.29, 1.82) is 0 Å². The number of benzene rings is 1. The Kier molecular flexibility index (Phi) is 5.38. The van der Waals surface area contributed by atoms with Crippen molar-refractivity contribution in [3.63, 3.8) is 0 Å². The summed E-state index contributed by atoms with van der Waals surface area (Å²) < 4.78 is 5.40. The molecule has 2 aromatic heterocycles. The number of hydrogen-bond acceptors (Lipinski definition) is 6. The summed E-state index contributed by atoms with van der Waals surface area (Å²) >= 11 is 0. The van der Waals surface area contributed by atoms with Crippen LogP contribution in [0, 0.1) is 5.92 Å². The Balaban J connectivity index is 1.79. The van der Waals surface area contributed by atoms with Crippen LogP contribution < -0.4 is 11.1 Å². The average Bonchev–Trinajstić information content (AvgIpc) is 3.16. The molecule has 0 saturated heterocycles. The second-order valence-corrected chi connectivity index (χ2v) is 6.29. The van der Waals surface area contributed by atoms with E-state index in [1.54, 1.807) is 30.6 Å². The monoisotopic (exact) mass is 351 g/mol. The summed E-state index contributed by atoms with van der Waals surface area (Å²) in [6.45, 7) is 4.41. The van der Waals surface area contributed by atoms with Crippen LogP contribution >= 0.6 is 0 Å². The molecule has 0 saturated carbocycles. The van der Waals surface area contributed by atoms with Gasteiger partial charge in [0.05, 0.1) is 0 Å². The molecule has 0 radical (unpaired) electrons. The second kappa shape index (κ2) is 7.88. The molecule has 0 aliphatic carbocycles. The van der Waals surface area contributed by atoms with Gasteiger partial charge in [-0.15, -0.1) is 0 Å². The third-order valence-corrected chi connectivity index (χ3v) is 4.03. The van der Waals surface area contributed by atoms with E-state index in [4.69, 9.17) is 10.3 Å². The predicted octanol–water partition coefficient (Wildman–Crippen LogP) is 2.72. The first kappa shape index (κ1) is 17.8. The molecule has 3 rings (SSSR count). The van der Waals surface area contributed by atoms with Crippen molar-refractivity contribution in [3.8, 4) is 11.4 Å². The van der Waals surface area contributed by atoms with Gasteiger partial charge >= 0.3 is 0 Å². The maximum absolute atomic E-state index is 12.6. The number of carbonyl (C=O) groups excluding carboxylic acids is 1. The van der Waals surface area contributed by atoms with Gasteiger partial charge in [-0.25, -0.2) is 0 Å². The highest BCUT2D eigenvalue weighted by Crippen LogP contribution is 2.23. The molecule has 26 heavy (non-hydrogen) atoms. The molecule has 134 valence electrons. The van der Waals surface area contributed by atoms with Crippen LogP contribution in [0.15, 0.2) is 53.3 Å². The lowest BCUT2D eigenvalue weighted by molar-refractivity contribution is 0.0914. The summed E-state index contributed by atoms with van der Waals surface area (Å²) in [6, 6.07) is 10.4. The predicted molar refractivity (Wildman–Crippen MR) is 96.9 cm³/mol. The smallest absolute Gasteiger partial charge is 0.251 e. The number of nitrogens with two attached hydrogens (primary N) is 1. The molecular weight excluding hydrogens is 330 g/mol. The highest BCUT2D eigenvalue weighted by molar-refractivity contribution is 5.94. The largest absolute Gasteiger partial charge is 0.340 e. The van der Waals surface area contributed by atoms with Gasteiger partial charge in [0.25, 0.3) is 5.91 Å². The Hall–Kier alpha value is -3.06. The maximum atomic E-state index is 12.6. The van der Waals surface area contributed by atoms with Crippen LogP contribution in [0.5, 0.6) is 0 Å². The van der Waals surface area contributed by atoms with Crippen molar-refractivity contribution in [1.82, 2.24) is 20.4 Å². The van der Waals surface area contributed by atoms with Crippen LogP contribution in [0.25, 0.3) is 11.4 Å². The van der Waals surface area contributed by atoms with Crippen molar-refractivity contribution in [3.05, 3.63) is 65.8 Å². The second-order valence-electron chi connectivity index (χ2n) is 6.29. The van der Waals surface area contributed by atoms with Crippen LogP contribution in [-0.4, -0.2) is 21.0 Å². The number of hydrogen-bond donors (Lipinski definition) is 2. The lowest BCUT2D eigenvalue weighted by Gasteiger charge is -2.18. The minimum absolute atomic E-state index is 0.0736. The Morgan fingerprint density at radius 1 is 1.23 bits per heavy atom. The summed E-state index contributed by atoms with van der Waals surface area (Å²) in [7, 11) is 0.